The van der Waals surface area contributed by atoms with Crippen LogP contribution in [-0.4, -0.2) is 27.1 Å². The summed E-state index contributed by atoms with van der Waals surface area (Å²) >= 11 is 0. The summed E-state index contributed by atoms with van der Waals surface area (Å²) in [5.74, 6) is 0.640. The number of carboxylic acid groups (broad SMARTS) is 1. The maximum absolute atomic E-state index is 11.0. The van der Waals surface area contributed by atoms with E-state index in [1.165, 1.54) is 0 Å². The van der Waals surface area contributed by atoms with Crippen LogP contribution in [0.5, 0.6) is 0 Å². The van der Waals surface area contributed by atoms with E-state index in [0.717, 1.165) is 0 Å². The summed E-state index contributed by atoms with van der Waals surface area (Å²) in [6, 6.07) is 1.07. The third kappa shape index (κ3) is 3.84. The molecule has 0 amide bonds. The molecule has 16 heavy (non-hydrogen) atoms. The number of carboxylic acids is 1. The number of aliphatic carboxylic acids is 1. The second-order valence-corrected chi connectivity index (χ2v) is 4.15. The quantitative estimate of drug-likeness (QED) is 0.794. The van der Waals surface area contributed by atoms with Crippen molar-refractivity contribution in [3.05, 3.63) is 18.1 Å². The van der Waals surface area contributed by atoms with Crippen molar-refractivity contribution in [1.29, 1.82) is 0 Å². The number of aryl methyl sites for hydroxylation is 1. The molecule has 2 N–H and O–H groups in total. The Labute approximate surface area is 94.9 Å². The van der Waals surface area contributed by atoms with E-state index in [4.69, 9.17) is 5.11 Å². The maximum Gasteiger partial charge on any atom is 0.326 e. The molecule has 1 aromatic heterocycles. The number of hydrogen-bond acceptors (Lipinski definition) is 4. The summed E-state index contributed by atoms with van der Waals surface area (Å²) in [6.07, 6.45) is 2.18. The molecule has 1 rings (SSSR count). The van der Waals surface area contributed by atoms with Crippen LogP contribution >= 0.6 is 0 Å². The second kappa shape index (κ2) is 5.44. The van der Waals surface area contributed by atoms with Crippen molar-refractivity contribution >= 4 is 11.8 Å². The standard InChI is InChI=1S/C11H17N3O2/c1-7(2)6-9(11(15)16)14-10-4-5-12-8(3)13-10/h4-5,7,9H,6H2,1-3H3,(H,15,16)(H,12,13,14)/t9-/m1/s1. The van der Waals surface area contributed by atoms with E-state index >= 15 is 0 Å². The van der Waals surface area contributed by atoms with E-state index in [9.17, 15) is 4.79 Å². The largest absolute Gasteiger partial charge is 0.480 e. The summed E-state index contributed by atoms with van der Waals surface area (Å²) in [4.78, 5) is 19.1. The molecule has 0 spiro atoms. The Morgan fingerprint density at radius 2 is 2.25 bits per heavy atom. The highest BCUT2D eigenvalue weighted by atomic mass is 16.4. The minimum absolute atomic E-state index is 0.316. The van der Waals surface area contributed by atoms with E-state index in [2.05, 4.69) is 15.3 Å². The highest BCUT2D eigenvalue weighted by molar-refractivity contribution is 5.76. The molecule has 0 aliphatic rings. The van der Waals surface area contributed by atoms with E-state index in [-0.39, 0.29) is 0 Å². The highest BCUT2D eigenvalue weighted by Crippen LogP contribution is 2.11. The van der Waals surface area contributed by atoms with Gasteiger partial charge in [-0.2, -0.15) is 0 Å². The van der Waals surface area contributed by atoms with Gasteiger partial charge in [0.2, 0.25) is 0 Å². The Kier molecular flexibility index (Phi) is 4.22. The van der Waals surface area contributed by atoms with Gasteiger partial charge in [-0.05, 0) is 25.3 Å². The van der Waals surface area contributed by atoms with Gasteiger partial charge in [-0.1, -0.05) is 13.8 Å². The van der Waals surface area contributed by atoms with E-state index < -0.39 is 12.0 Å². The third-order valence-electron chi connectivity index (χ3n) is 2.10. The summed E-state index contributed by atoms with van der Waals surface area (Å²) in [6.45, 7) is 5.75. The molecule has 0 aliphatic carbocycles. The Bertz CT molecular complexity index is 366. The third-order valence-corrected chi connectivity index (χ3v) is 2.10. The topological polar surface area (TPSA) is 75.1 Å². The van der Waals surface area contributed by atoms with Crippen molar-refractivity contribution < 1.29 is 9.90 Å². The van der Waals surface area contributed by atoms with Crippen LogP contribution in [0.15, 0.2) is 12.3 Å². The summed E-state index contributed by atoms with van der Waals surface area (Å²) in [5, 5.41) is 11.9. The van der Waals surface area contributed by atoms with Crippen LogP contribution in [0, 0.1) is 12.8 Å². The van der Waals surface area contributed by atoms with Crippen molar-refractivity contribution in [3.8, 4) is 0 Å². The molecule has 1 aromatic rings. The number of rotatable bonds is 5. The fraction of sp³-hybridized carbons (Fsp3) is 0.545. The van der Waals surface area contributed by atoms with Crippen LogP contribution in [-0.2, 0) is 4.79 Å². The van der Waals surface area contributed by atoms with Crippen molar-refractivity contribution in [3.63, 3.8) is 0 Å². The number of nitrogens with one attached hydrogen (secondary N) is 1. The van der Waals surface area contributed by atoms with Crippen molar-refractivity contribution in [2.75, 3.05) is 5.32 Å². The zero-order chi connectivity index (χ0) is 12.1. The zero-order valence-corrected chi connectivity index (χ0v) is 9.77. The van der Waals surface area contributed by atoms with Gasteiger partial charge in [0, 0.05) is 6.20 Å². The molecule has 1 atom stereocenters. The molecule has 0 unspecified atom stereocenters. The predicted molar refractivity (Wildman–Crippen MR) is 61.3 cm³/mol. The van der Waals surface area contributed by atoms with Gasteiger partial charge in [0.1, 0.15) is 17.7 Å². The first-order valence-electron chi connectivity index (χ1n) is 5.28. The fourth-order valence-electron chi connectivity index (χ4n) is 1.41. The summed E-state index contributed by atoms with van der Waals surface area (Å²) < 4.78 is 0. The predicted octanol–water partition coefficient (Wildman–Crippen LogP) is 1.70. The van der Waals surface area contributed by atoms with Gasteiger partial charge in [0.25, 0.3) is 0 Å². The van der Waals surface area contributed by atoms with E-state index in [1.807, 2.05) is 13.8 Å². The maximum atomic E-state index is 11.0. The molecule has 1 heterocycles. The molecule has 0 bridgehead atoms. The first-order chi connectivity index (χ1) is 7.49. The molecule has 88 valence electrons. The van der Waals surface area contributed by atoms with Crippen molar-refractivity contribution in [2.24, 2.45) is 5.92 Å². The normalized spacial score (nSPS) is 12.5. The Morgan fingerprint density at radius 3 is 2.75 bits per heavy atom. The molecule has 0 fully saturated rings. The monoisotopic (exact) mass is 223 g/mol. The number of anilines is 1. The molecule has 0 aromatic carbocycles. The zero-order valence-electron chi connectivity index (χ0n) is 9.77. The first-order valence-corrected chi connectivity index (χ1v) is 5.28. The number of aromatic nitrogens is 2. The smallest absolute Gasteiger partial charge is 0.326 e. The van der Waals surface area contributed by atoms with E-state index in [1.54, 1.807) is 19.2 Å². The van der Waals surface area contributed by atoms with Crippen LogP contribution in [0.25, 0.3) is 0 Å². The summed E-state index contributed by atoms with van der Waals surface area (Å²) in [7, 11) is 0. The molecule has 0 saturated carbocycles. The highest BCUT2D eigenvalue weighted by Gasteiger charge is 2.18. The van der Waals surface area contributed by atoms with Gasteiger partial charge in [0.15, 0.2) is 0 Å². The van der Waals surface area contributed by atoms with Gasteiger partial charge in [-0.25, -0.2) is 14.8 Å². The lowest BCUT2D eigenvalue weighted by Crippen LogP contribution is -2.31. The van der Waals surface area contributed by atoms with Crippen LogP contribution in [0.4, 0.5) is 5.82 Å². The minimum atomic E-state index is -0.857. The van der Waals surface area contributed by atoms with E-state index in [0.29, 0.717) is 24.0 Å². The number of hydrogen-bond donors (Lipinski definition) is 2. The molecule has 5 nitrogen and oxygen atoms in total. The first kappa shape index (κ1) is 12.4. The van der Waals surface area contributed by atoms with Crippen molar-refractivity contribution in [1.82, 2.24) is 9.97 Å². The summed E-state index contributed by atoms with van der Waals surface area (Å²) in [5.41, 5.74) is 0. The molecular weight excluding hydrogens is 206 g/mol. The Hall–Kier alpha value is -1.65. The Morgan fingerprint density at radius 1 is 1.56 bits per heavy atom. The number of nitrogens with zero attached hydrogens (tertiary/aromatic N) is 2. The lowest BCUT2D eigenvalue weighted by Gasteiger charge is -2.16. The van der Waals surface area contributed by atoms with Crippen molar-refractivity contribution in [2.45, 2.75) is 33.2 Å². The molecule has 0 aliphatic heterocycles. The van der Waals surface area contributed by atoms with Gasteiger partial charge < -0.3 is 10.4 Å². The molecule has 5 heteroatoms. The van der Waals surface area contributed by atoms with Crippen LogP contribution in [0.1, 0.15) is 26.1 Å². The molecular formula is C11H17N3O2. The van der Waals surface area contributed by atoms with Crippen LogP contribution in [0.3, 0.4) is 0 Å². The average molecular weight is 223 g/mol. The number of carbonyl (C=O) groups is 1. The average Bonchev–Trinajstić information content (AvgIpc) is 2.15. The SMILES string of the molecule is Cc1nccc(N[C@H](CC(C)C)C(=O)O)n1. The van der Waals surface area contributed by atoms with Gasteiger partial charge in [-0.3, -0.25) is 0 Å². The lowest BCUT2D eigenvalue weighted by atomic mass is 10.0. The fourth-order valence-corrected chi connectivity index (χ4v) is 1.41. The van der Waals surface area contributed by atoms with Crippen LogP contribution < -0.4 is 5.32 Å². The second-order valence-electron chi connectivity index (χ2n) is 4.15. The molecule has 0 saturated heterocycles. The van der Waals surface area contributed by atoms with Crippen LogP contribution in [0.2, 0.25) is 0 Å². The van der Waals surface area contributed by atoms with Gasteiger partial charge in [-0.15, -0.1) is 0 Å². The molecule has 0 radical (unpaired) electrons. The minimum Gasteiger partial charge on any atom is -0.480 e. The lowest BCUT2D eigenvalue weighted by molar-refractivity contribution is -0.138. The Balaban J connectivity index is 2.71. The van der Waals surface area contributed by atoms with Gasteiger partial charge >= 0.3 is 5.97 Å². The van der Waals surface area contributed by atoms with Gasteiger partial charge in [0.05, 0.1) is 0 Å².